The highest BCUT2D eigenvalue weighted by Gasteiger charge is 2.22. The zero-order chi connectivity index (χ0) is 14.7. The summed E-state index contributed by atoms with van der Waals surface area (Å²) in [7, 11) is 0. The second kappa shape index (κ2) is 6.31. The summed E-state index contributed by atoms with van der Waals surface area (Å²) in [5.41, 5.74) is 1.20. The van der Waals surface area contributed by atoms with Crippen molar-refractivity contribution >= 4 is 23.1 Å². The number of halogens is 2. The number of hydrogen-bond donors (Lipinski definition) is 1. The van der Waals surface area contributed by atoms with E-state index in [1.54, 1.807) is 12.1 Å². The number of nitrogens with zero attached hydrogens (tertiary/aromatic N) is 2. The molecule has 0 aliphatic carbocycles. The van der Waals surface area contributed by atoms with Crippen LogP contribution < -0.4 is 10.2 Å². The number of benzene rings is 1. The van der Waals surface area contributed by atoms with Crippen molar-refractivity contribution in [3.05, 3.63) is 53.4 Å². The van der Waals surface area contributed by atoms with Crippen LogP contribution in [0.5, 0.6) is 0 Å². The second-order valence-corrected chi connectivity index (χ2v) is 5.74. The summed E-state index contributed by atoms with van der Waals surface area (Å²) in [5, 5.41) is 3.97. The molecule has 0 spiro atoms. The van der Waals surface area contributed by atoms with Gasteiger partial charge in [0.2, 0.25) is 5.95 Å². The lowest BCUT2D eigenvalue weighted by molar-refractivity contribution is 0.581. The monoisotopic (exact) mass is 305 g/mol. The molecule has 110 valence electrons. The van der Waals surface area contributed by atoms with Gasteiger partial charge in [-0.15, -0.1) is 0 Å². The van der Waals surface area contributed by atoms with Gasteiger partial charge in [-0.25, -0.2) is 4.98 Å². The van der Waals surface area contributed by atoms with Gasteiger partial charge in [0.1, 0.15) is 5.82 Å². The van der Waals surface area contributed by atoms with Crippen LogP contribution in [0.3, 0.4) is 0 Å². The third-order valence-corrected chi connectivity index (χ3v) is 4.02. The molecule has 1 aliphatic rings. The van der Waals surface area contributed by atoms with Crippen molar-refractivity contribution in [2.75, 3.05) is 29.9 Å². The standard InChI is InChI=1S/C16H17ClFN3/c17-13-4-6-14(7-5-13)21-9-8-12(11-21)10-19-16-3-1-2-15(18)20-16/h1-7,12H,8-11H2,(H,19,20). The second-order valence-electron chi connectivity index (χ2n) is 5.30. The highest BCUT2D eigenvalue weighted by atomic mass is 35.5. The van der Waals surface area contributed by atoms with Crippen LogP contribution in [-0.4, -0.2) is 24.6 Å². The molecule has 1 aromatic heterocycles. The van der Waals surface area contributed by atoms with Crippen LogP contribution in [0.25, 0.3) is 0 Å². The molecular weight excluding hydrogens is 289 g/mol. The molecule has 1 aliphatic heterocycles. The maximum absolute atomic E-state index is 13.0. The van der Waals surface area contributed by atoms with E-state index in [1.807, 2.05) is 24.3 Å². The highest BCUT2D eigenvalue weighted by molar-refractivity contribution is 6.30. The first kappa shape index (κ1) is 14.1. The average Bonchev–Trinajstić information content (AvgIpc) is 2.95. The molecule has 1 unspecified atom stereocenters. The quantitative estimate of drug-likeness (QED) is 0.871. The zero-order valence-corrected chi connectivity index (χ0v) is 12.4. The molecule has 0 saturated carbocycles. The van der Waals surface area contributed by atoms with Gasteiger partial charge in [-0.1, -0.05) is 17.7 Å². The predicted octanol–water partition coefficient (Wildman–Crippen LogP) is 3.81. The SMILES string of the molecule is Fc1cccc(NCC2CCN(c3ccc(Cl)cc3)C2)n1. The first-order valence-corrected chi connectivity index (χ1v) is 7.45. The first-order valence-electron chi connectivity index (χ1n) is 7.07. The van der Waals surface area contributed by atoms with Crippen LogP contribution in [-0.2, 0) is 0 Å². The van der Waals surface area contributed by atoms with E-state index in [1.165, 1.54) is 11.8 Å². The lowest BCUT2D eigenvalue weighted by Crippen LogP contribution is -2.22. The maximum atomic E-state index is 13.0. The molecule has 5 heteroatoms. The molecular formula is C16H17ClFN3. The molecule has 1 fully saturated rings. The van der Waals surface area contributed by atoms with E-state index in [0.29, 0.717) is 11.7 Å². The molecule has 1 N–H and O–H groups in total. The molecule has 3 rings (SSSR count). The fourth-order valence-electron chi connectivity index (χ4n) is 2.64. The van der Waals surface area contributed by atoms with Crippen LogP contribution in [0.2, 0.25) is 5.02 Å². The van der Waals surface area contributed by atoms with Gasteiger partial charge in [0.15, 0.2) is 0 Å². The van der Waals surface area contributed by atoms with Crippen molar-refractivity contribution in [1.82, 2.24) is 4.98 Å². The van der Waals surface area contributed by atoms with Crippen molar-refractivity contribution in [2.24, 2.45) is 5.92 Å². The fourth-order valence-corrected chi connectivity index (χ4v) is 2.77. The molecule has 0 amide bonds. The Balaban J connectivity index is 1.54. The molecule has 2 aromatic rings. The molecule has 2 heterocycles. The maximum Gasteiger partial charge on any atom is 0.214 e. The van der Waals surface area contributed by atoms with Crippen LogP contribution in [0, 0.1) is 11.9 Å². The third-order valence-electron chi connectivity index (χ3n) is 3.76. The van der Waals surface area contributed by atoms with Gasteiger partial charge in [0.05, 0.1) is 0 Å². The van der Waals surface area contributed by atoms with E-state index in [-0.39, 0.29) is 0 Å². The first-order chi connectivity index (χ1) is 10.2. The Morgan fingerprint density at radius 1 is 1.24 bits per heavy atom. The van der Waals surface area contributed by atoms with Gasteiger partial charge in [0.25, 0.3) is 0 Å². The largest absolute Gasteiger partial charge is 0.371 e. The number of nitrogens with one attached hydrogen (secondary N) is 1. The third kappa shape index (κ3) is 3.64. The zero-order valence-electron chi connectivity index (χ0n) is 11.6. The van der Waals surface area contributed by atoms with E-state index in [4.69, 9.17) is 11.6 Å². The smallest absolute Gasteiger partial charge is 0.214 e. The molecule has 1 saturated heterocycles. The number of hydrogen-bond acceptors (Lipinski definition) is 3. The van der Waals surface area contributed by atoms with Crippen molar-refractivity contribution in [3.8, 4) is 0 Å². The Morgan fingerprint density at radius 3 is 2.81 bits per heavy atom. The normalized spacial score (nSPS) is 18.0. The van der Waals surface area contributed by atoms with Gasteiger partial charge < -0.3 is 10.2 Å². The lowest BCUT2D eigenvalue weighted by atomic mass is 10.1. The van der Waals surface area contributed by atoms with Gasteiger partial charge in [0, 0.05) is 30.3 Å². The van der Waals surface area contributed by atoms with Crippen LogP contribution >= 0.6 is 11.6 Å². The molecule has 3 nitrogen and oxygen atoms in total. The summed E-state index contributed by atoms with van der Waals surface area (Å²) >= 11 is 5.91. The van der Waals surface area contributed by atoms with E-state index in [2.05, 4.69) is 15.2 Å². The molecule has 0 radical (unpaired) electrons. The van der Waals surface area contributed by atoms with Gasteiger partial charge in [-0.2, -0.15) is 4.39 Å². The van der Waals surface area contributed by atoms with Gasteiger partial charge in [-0.05, 0) is 48.7 Å². The van der Waals surface area contributed by atoms with E-state index in [0.717, 1.165) is 31.1 Å². The van der Waals surface area contributed by atoms with Crippen LogP contribution in [0.15, 0.2) is 42.5 Å². The Morgan fingerprint density at radius 2 is 2.05 bits per heavy atom. The highest BCUT2D eigenvalue weighted by Crippen LogP contribution is 2.25. The number of rotatable bonds is 4. The van der Waals surface area contributed by atoms with E-state index >= 15 is 0 Å². The molecule has 1 aromatic carbocycles. The van der Waals surface area contributed by atoms with E-state index < -0.39 is 5.95 Å². The lowest BCUT2D eigenvalue weighted by Gasteiger charge is -2.19. The van der Waals surface area contributed by atoms with Gasteiger partial charge >= 0.3 is 0 Å². The van der Waals surface area contributed by atoms with Crippen molar-refractivity contribution in [3.63, 3.8) is 0 Å². The molecule has 0 bridgehead atoms. The summed E-state index contributed by atoms with van der Waals surface area (Å²) < 4.78 is 13.0. The molecule has 1 atom stereocenters. The minimum absolute atomic E-state index is 0.450. The predicted molar refractivity (Wildman–Crippen MR) is 84.5 cm³/mol. The summed E-state index contributed by atoms with van der Waals surface area (Å²) in [4.78, 5) is 6.16. The summed E-state index contributed by atoms with van der Waals surface area (Å²) in [6, 6.07) is 12.7. The fraction of sp³-hybridized carbons (Fsp3) is 0.312. The number of aromatic nitrogens is 1. The van der Waals surface area contributed by atoms with Crippen LogP contribution in [0.4, 0.5) is 15.9 Å². The summed E-state index contributed by atoms with van der Waals surface area (Å²) in [6.45, 7) is 2.83. The van der Waals surface area contributed by atoms with Crippen molar-refractivity contribution in [1.29, 1.82) is 0 Å². The number of anilines is 2. The Bertz CT molecular complexity index is 603. The Labute approximate surface area is 128 Å². The Kier molecular flexibility index (Phi) is 4.25. The topological polar surface area (TPSA) is 28.2 Å². The van der Waals surface area contributed by atoms with Crippen molar-refractivity contribution in [2.45, 2.75) is 6.42 Å². The van der Waals surface area contributed by atoms with E-state index in [9.17, 15) is 4.39 Å². The van der Waals surface area contributed by atoms with Crippen molar-refractivity contribution < 1.29 is 4.39 Å². The average molecular weight is 306 g/mol. The minimum Gasteiger partial charge on any atom is -0.371 e. The van der Waals surface area contributed by atoms with Crippen LogP contribution in [0.1, 0.15) is 6.42 Å². The Hall–Kier alpha value is -1.81. The molecule has 21 heavy (non-hydrogen) atoms. The summed E-state index contributed by atoms with van der Waals surface area (Å²) in [5.74, 6) is 0.680. The van der Waals surface area contributed by atoms with Gasteiger partial charge in [-0.3, -0.25) is 0 Å². The minimum atomic E-state index is -0.450. The summed E-state index contributed by atoms with van der Waals surface area (Å²) in [6.07, 6.45) is 1.12. The number of pyridine rings is 1.